The summed E-state index contributed by atoms with van der Waals surface area (Å²) in [5.74, 6) is 2.15. The monoisotopic (exact) mass is 249 g/mol. The van der Waals surface area contributed by atoms with Gasteiger partial charge in [0.15, 0.2) is 0 Å². The average molecular weight is 249 g/mol. The molecule has 0 aromatic heterocycles. The van der Waals surface area contributed by atoms with Crippen molar-refractivity contribution in [1.82, 2.24) is 5.32 Å². The summed E-state index contributed by atoms with van der Waals surface area (Å²) in [5.41, 5.74) is 1.39. The standard InChI is InChI=1S/C16H27NO/c1-6-18-16-9-7-15(8-10-16)14(5)13(4)11-17-12(2)3/h7-10,12-14,17H,6,11H2,1-5H3. The van der Waals surface area contributed by atoms with Gasteiger partial charge in [0, 0.05) is 6.04 Å². The summed E-state index contributed by atoms with van der Waals surface area (Å²) in [7, 11) is 0. The molecule has 0 aliphatic rings. The quantitative estimate of drug-likeness (QED) is 0.793. The van der Waals surface area contributed by atoms with Crippen LogP contribution in [0.25, 0.3) is 0 Å². The zero-order chi connectivity index (χ0) is 13.5. The molecule has 0 aliphatic heterocycles. The van der Waals surface area contributed by atoms with Gasteiger partial charge in [-0.1, -0.05) is 39.8 Å². The molecule has 0 spiro atoms. The molecule has 1 rings (SSSR count). The van der Waals surface area contributed by atoms with Gasteiger partial charge in [0.25, 0.3) is 0 Å². The Balaban J connectivity index is 2.57. The lowest BCUT2D eigenvalue weighted by atomic mass is 9.89. The molecule has 1 N–H and O–H groups in total. The van der Waals surface area contributed by atoms with Gasteiger partial charge in [0.2, 0.25) is 0 Å². The van der Waals surface area contributed by atoms with Crippen LogP contribution in [0, 0.1) is 5.92 Å². The van der Waals surface area contributed by atoms with Crippen LogP contribution in [0.3, 0.4) is 0 Å². The number of benzene rings is 1. The Hall–Kier alpha value is -1.02. The largest absolute Gasteiger partial charge is 0.494 e. The molecule has 0 saturated carbocycles. The van der Waals surface area contributed by atoms with E-state index in [0.717, 1.165) is 18.9 Å². The lowest BCUT2D eigenvalue weighted by Crippen LogP contribution is -2.29. The minimum Gasteiger partial charge on any atom is -0.494 e. The molecular formula is C16H27NO. The molecular weight excluding hydrogens is 222 g/mol. The first-order valence-corrected chi connectivity index (χ1v) is 7.00. The van der Waals surface area contributed by atoms with Crippen molar-refractivity contribution < 1.29 is 4.74 Å². The number of ether oxygens (including phenoxy) is 1. The summed E-state index contributed by atoms with van der Waals surface area (Å²) < 4.78 is 5.47. The molecule has 1 aromatic rings. The van der Waals surface area contributed by atoms with Gasteiger partial charge < -0.3 is 10.1 Å². The summed E-state index contributed by atoms with van der Waals surface area (Å²) in [6.07, 6.45) is 0. The number of hydrogen-bond acceptors (Lipinski definition) is 2. The number of nitrogens with one attached hydrogen (secondary N) is 1. The van der Waals surface area contributed by atoms with E-state index in [1.54, 1.807) is 0 Å². The maximum absolute atomic E-state index is 5.47. The van der Waals surface area contributed by atoms with Crippen LogP contribution >= 0.6 is 0 Å². The molecule has 0 fully saturated rings. The van der Waals surface area contributed by atoms with Gasteiger partial charge in [-0.15, -0.1) is 0 Å². The van der Waals surface area contributed by atoms with Crippen molar-refractivity contribution in [2.24, 2.45) is 5.92 Å². The normalized spacial score (nSPS) is 14.6. The molecule has 0 saturated heterocycles. The molecule has 2 heteroatoms. The molecule has 102 valence electrons. The fourth-order valence-corrected chi connectivity index (χ4v) is 1.96. The SMILES string of the molecule is CCOc1ccc(C(C)C(C)CNC(C)C)cc1. The van der Waals surface area contributed by atoms with Crippen molar-refractivity contribution in [2.45, 2.75) is 46.6 Å². The van der Waals surface area contributed by atoms with Crippen molar-refractivity contribution >= 4 is 0 Å². The number of rotatable bonds is 7. The van der Waals surface area contributed by atoms with E-state index in [9.17, 15) is 0 Å². The Morgan fingerprint density at radius 2 is 1.67 bits per heavy atom. The fraction of sp³-hybridized carbons (Fsp3) is 0.625. The van der Waals surface area contributed by atoms with Crippen LogP contribution in [0.5, 0.6) is 5.75 Å². The van der Waals surface area contributed by atoms with Crippen LogP contribution in [-0.2, 0) is 0 Å². The third-order valence-corrected chi connectivity index (χ3v) is 3.42. The van der Waals surface area contributed by atoms with Crippen LogP contribution in [0.4, 0.5) is 0 Å². The van der Waals surface area contributed by atoms with Crippen molar-refractivity contribution in [1.29, 1.82) is 0 Å². The van der Waals surface area contributed by atoms with Crippen molar-refractivity contribution in [3.05, 3.63) is 29.8 Å². The summed E-state index contributed by atoms with van der Waals surface area (Å²) in [4.78, 5) is 0. The summed E-state index contributed by atoms with van der Waals surface area (Å²) in [6.45, 7) is 12.8. The van der Waals surface area contributed by atoms with E-state index in [1.165, 1.54) is 5.56 Å². The molecule has 2 nitrogen and oxygen atoms in total. The lowest BCUT2D eigenvalue weighted by molar-refractivity contribution is 0.340. The predicted octanol–water partition coefficient (Wildman–Crippen LogP) is 3.82. The second-order valence-corrected chi connectivity index (χ2v) is 5.33. The highest BCUT2D eigenvalue weighted by Gasteiger charge is 2.14. The average Bonchev–Trinajstić information content (AvgIpc) is 2.36. The van der Waals surface area contributed by atoms with E-state index in [1.807, 2.05) is 6.92 Å². The van der Waals surface area contributed by atoms with Crippen molar-refractivity contribution in [3.63, 3.8) is 0 Å². The molecule has 0 radical (unpaired) electrons. The molecule has 0 aliphatic carbocycles. The van der Waals surface area contributed by atoms with Gasteiger partial charge >= 0.3 is 0 Å². The highest BCUT2D eigenvalue weighted by atomic mass is 16.5. The molecule has 2 unspecified atom stereocenters. The molecule has 1 aromatic carbocycles. The first kappa shape index (κ1) is 15.0. The van der Waals surface area contributed by atoms with Gasteiger partial charge in [-0.25, -0.2) is 0 Å². The van der Waals surface area contributed by atoms with Crippen molar-refractivity contribution in [3.8, 4) is 5.75 Å². The summed E-state index contributed by atoms with van der Waals surface area (Å²) >= 11 is 0. The Bertz CT molecular complexity index is 331. The predicted molar refractivity (Wildman–Crippen MR) is 78.3 cm³/mol. The van der Waals surface area contributed by atoms with Crippen LogP contribution in [0.1, 0.15) is 46.1 Å². The Morgan fingerprint density at radius 1 is 1.06 bits per heavy atom. The molecule has 0 heterocycles. The van der Waals surface area contributed by atoms with Gasteiger partial charge in [0.05, 0.1) is 6.61 Å². The second kappa shape index (κ2) is 7.42. The minimum atomic E-state index is 0.556. The first-order valence-electron chi connectivity index (χ1n) is 7.00. The third kappa shape index (κ3) is 4.69. The zero-order valence-corrected chi connectivity index (χ0v) is 12.4. The first-order chi connectivity index (χ1) is 8.54. The van der Waals surface area contributed by atoms with Crippen LogP contribution in [0.15, 0.2) is 24.3 Å². The second-order valence-electron chi connectivity index (χ2n) is 5.33. The lowest BCUT2D eigenvalue weighted by Gasteiger charge is -2.22. The summed E-state index contributed by atoms with van der Waals surface area (Å²) in [6, 6.07) is 9.05. The smallest absolute Gasteiger partial charge is 0.119 e. The maximum atomic E-state index is 5.47. The maximum Gasteiger partial charge on any atom is 0.119 e. The van der Waals surface area contributed by atoms with E-state index < -0.39 is 0 Å². The van der Waals surface area contributed by atoms with Crippen LogP contribution in [0.2, 0.25) is 0 Å². The van der Waals surface area contributed by atoms with Crippen LogP contribution in [-0.4, -0.2) is 19.2 Å². The van der Waals surface area contributed by atoms with Gasteiger partial charge in [-0.2, -0.15) is 0 Å². The Labute approximate surface area is 112 Å². The van der Waals surface area contributed by atoms with Gasteiger partial charge in [-0.3, -0.25) is 0 Å². The fourth-order valence-electron chi connectivity index (χ4n) is 1.96. The van der Waals surface area contributed by atoms with E-state index in [2.05, 4.69) is 57.3 Å². The molecule has 18 heavy (non-hydrogen) atoms. The highest BCUT2D eigenvalue weighted by molar-refractivity contribution is 5.29. The molecule has 0 bridgehead atoms. The van der Waals surface area contributed by atoms with E-state index in [4.69, 9.17) is 4.74 Å². The zero-order valence-electron chi connectivity index (χ0n) is 12.4. The third-order valence-electron chi connectivity index (χ3n) is 3.42. The van der Waals surface area contributed by atoms with E-state index >= 15 is 0 Å². The molecule has 0 amide bonds. The van der Waals surface area contributed by atoms with E-state index in [-0.39, 0.29) is 0 Å². The summed E-state index contributed by atoms with van der Waals surface area (Å²) in [5, 5.41) is 3.50. The molecule has 2 atom stereocenters. The topological polar surface area (TPSA) is 21.3 Å². The Morgan fingerprint density at radius 3 is 2.17 bits per heavy atom. The van der Waals surface area contributed by atoms with Crippen molar-refractivity contribution in [2.75, 3.05) is 13.2 Å². The highest BCUT2D eigenvalue weighted by Crippen LogP contribution is 2.25. The van der Waals surface area contributed by atoms with Gasteiger partial charge in [-0.05, 0) is 43.0 Å². The van der Waals surface area contributed by atoms with E-state index in [0.29, 0.717) is 17.9 Å². The number of hydrogen-bond donors (Lipinski definition) is 1. The Kier molecular flexibility index (Phi) is 6.20. The van der Waals surface area contributed by atoms with Gasteiger partial charge in [0.1, 0.15) is 5.75 Å². The minimum absolute atomic E-state index is 0.556. The van der Waals surface area contributed by atoms with Crippen LogP contribution < -0.4 is 10.1 Å².